The Bertz CT molecular complexity index is 634. The summed E-state index contributed by atoms with van der Waals surface area (Å²) in [6.07, 6.45) is 1.88. The maximum absolute atomic E-state index is 12.1. The van der Waals surface area contributed by atoms with Gasteiger partial charge in [0.1, 0.15) is 5.75 Å². The third-order valence-corrected chi connectivity index (χ3v) is 4.93. The highest BCUT2D eigenvalue weighted by molar-refractivity contribution is 8.18. The van der Waals surface area contributed by atoms with E-state index in [1.54, 1.807) is 7.11 Å². The summed E-state index contributed by atoms with van der Waals surface area (Å²) in [4.78, 5) is 20.7. The van der Waals surface area contributed by atoms with Crippen LogP contribution >= 0.6 is 11.8 Å². The first-order valence-corrected chi connectivity index (χ1v) is 8.20. The lowest BCUT2D eigenvalue weighted by Gasteiger charge is -2.30. The van der Waals surface area contributed by atoms with Crippen molar-refractivity contribution in [3.63, 3.8) is 0 Å². The van der Waals surface area contributed by atoms with Crippen LogP contribution in [0.15, 0.2) is 34.2 Å². The second-order valence-electron chi connectivity index (χ2n) is 5.53. The Morgan fingerprint density at radius 1 is 1.36 bits per heavy atom. The minimum atomic E-state index is -0.144. The van der Waals surface area contributed by atoms with Gasteiger partial charge in [-0.15, -0.1) is 0 Å². The highest BCUT2D eigenvalue weighted by Crippen LogP contribution is 2.30. The molecular weight excluding hydrogens is 298 g/mol. The number of nitrogens with zero attached hydrogens (tertiary/aromatic N) is 2. The summed E-state index contributed by atoms with van der Waals surface area (Å²) in [6, 6.07) is 7.68. The van der Waals surface area contributed by atoms with Crippen LogP contribution in [0.2, 0.25) is 0 Å². The molecule has 2 heterocycles. The molecule has 1 saturated heterocycles. The Labute approximate surface area is 134 Å². The molecule has 0 saturated carbocycles. The number of piperazine rings is 1. The van der Waals surface area contributed by atoms with Crippen LogP contribution in [0.5, 0.6) is 5.75 Å². The van der Waals surface area contributed by atoms with Crippen molar-refractivity contribution in [2.75, 3.05) is 40.3 Å². The third-order valence-electron chi connectivity index (χ3n) is 3.89. The van der Waals surface area contributed by atoms with Gasteiger partial charge in [-0.25, -0.2) is 0 Å². The molecule has 1 fully saturated rings. The van der Waals surface area contributed by atoms with Gasteiger partial charge in [0, 0.05) is 0 Å². The predicted octanol–water partition coefficient (Wildman–Crippen LogP) is 0.496. The van der Waals surface area contributed by atoms with Crippen LogP contribution in [0.1, 0.15) is 5.56 Å². The highest BCUT2D eigenvalue weighted by Gasteiger charge is 2.28. The van der Waals surface area contributed by atoms with E-state index in [4.69, 9.17) is 4.74 Å². The molecule has 1 N–H and O–H groups in total. The van der Waals surface area contributed by atoms with Crippen LogP contribution in [0, 0.1) is 0 Å². The van der Waals surface area contributed by atoms with Crippen molar-refractivity contribution >= 4 is 28.9 Å². The predicted molar refractivity (Wildman–Crippen MR) is 89.2 cm³/mol. The Balaban J connectivity index is 1.72. The molecule has 3 rings (SSSR count). The SMILES string of the molecule is COc1cccc(/C=C2/SC(N3CC[NH+](C)CC3)=NC2=O)c1. The maximum Gasteiger partial charge on any atom is 0.286 e. The van der Waals surface area contributed by atoms with Crippen molar-refractivity contribution in [1.29, 1.82) is 0 Å². The van der Waals surface area contributed by atoms with Gasteiger partial charge < -0.3 is 14.5 Å². The van der Waals surface area contributed by atoms with Gasteiger partial charge in [-0.05, 0) is 35.5 Å². The number of carbonyl (C=O) groups excluding carboxylic acids is 1. The number of methoxy groups -OCH3 is 1. The first-order valence-electron chi connectivity index (χ1n) is 7.38. The van der Waals surface area contributed by atoms with Gasteiger partial charge in [-0.3, -0.25) is 4.79 Å². The number of rotatable bonds is 2. The summed E-state index contributed by atoms with van der Waals surface area (Å²) < 4.78 is 5.21. The summed E-state index contributed by atoms with van der Waals surface area (Å²) in [6.45, 7) is 4.08. The molecule has 1 amide bonds. The lowest BCUT2D eigenvalue weighted by atomic mass is 10.2. The summed E-state index contributed by atoms with van der Waals surface area (Å²) in [5.74, 6) is 0.641. The Hall–Kier alpha value is -1.79. The topological polar surface area (TPSA) is 46.3 Å². The second kappa shape index (κ2) is 6.54. The molecule has 0 bridgehead atoms. The van der Waals surface area contributed by atoms with E-state index in [0.29, 0.717) is 4.91 Å². The van der Waals surface area contributed by atoms with Crippen molar-refractivity contribution in [3.05, 3.63) is 34.7 Å². The van der Waals surface area contributed by atoms with Gasteiger partial charge in [-0.2, -0.15) is 4.99 Å². The number of hydrogen-bond acceptors (Lipinski definition) is 4. The Morgan fingerprint density at radius 3 is 2.86 bits per heavy atom. The van der Waals surface area contributed by atoms with Crippen LogP contribution in [0.3, 0.4) is 0 Å². The number of nitrogens with one attached hydrogen (secondary N) is 1. The Morgan fingerprint density at radius 2 is 2.14 bits per heavy atom. The number of hydrogen-bond donors (Lipinski definition) is 1. The van der Waals surface area contributed by atoms with E-state index >= 15 is 0 Å². The number of amidine groups is 1. The van der Waals surface area contributed by atoms with Crippen LogP contribution in [0.4, 0.5) is 0 Å². The summed E-state index contributed by atoms with van der Waals surface area (Å²) in [7, 11) is 3.83. The van der Waals surface area contributed by atoms with Crippen LogP contribution < -0.4 is 9.64 Å². The van der Waals surface area contributed by atoms with E-state index in [1.807, 2.05) is 30.3 Å². The van der Waals surface area contributed by atoms with E-state index in [1.165, 1.54) is 16.7 Å². The first-order chi connectivity index (χ1) is 10.7. The molecule has 22 heavy (non-hydrogen) atoms. The molecule has 5 nitrogen and oxygen atoms in total. The normalized spacial score (nSPS) is 21.4. The number of ether oxygens (including phenoxy) is 1. The van der Waals surface area contributed by atoms with E-state index in [-0.39, 0.29) is 5.91 Å². The van der Waals surface area contributed by atoms with Crippen molar-refractivity contribution in [2.24, 2.45) is 4.99 Å². The lowest BCUT2D eigenvalue weighted by Crippen LogP contribution is -3.12. The Kier molecular flexibility index (Phi) is 4.49. The number of thioether (sulfide) groups is 1. The lowest BCUT2D eigenvalue weighted by molar-refractivity contribution is -0.883. The average molecular weight is 318 g/mol. The minimum absolute atomic E-state index is 0.144. The van der Waals surface area contributed by atoms with E-state index in [2.05, 4.69) is 16.9 Å². The third kappa shape index (κ3) is 3.34. The minimum Gasteiger partial charge on any atom is -0.497 e. The summed E-state index contributed by atoms with van der Waals surface area (Å²) in [5, 5.41) is 0.839. The molecule has 1 aromatic carbocycles. The number of likely N-dealkylation sites (N-methyl/N-ethyl adjacent to an activating group) is 1. The number of amides is 1. The van der Waals surface area contributed by atoms with E-state index < -0.39 is 0 Å². The van der Waals surface area contributed by atoms with Gasteiger partial charge in [-0.1, -0.05) is 12.1 Å². The standard InChI is InChI=1S/C16H19N3O2S/c1-18-6-8-19(9-7-18)16-17-15(20)14(22-16)11-12-4-3-5-13(10-12)21-2/h3-5,10-11H,6-9H2,1-2H3/p+1/b14-11+. The molecule has 2 aliphatic rings. The fourth-order valence-electron chi connectivity index (χ4n) is 2.50. The highest BCUT2D eigenvalue weighted by atomic mass is 32.2. The molecule has 0 aliphatic carbocycles. The van der Waals surface area contributed by atoms with Crippen LogP contribution in [-0.4, -0.2) is 56.3 Å². The van der Waals surface area contributed by atoms with E-state index in [9.17, 15) is 4.79 Å². The molecule has 0 unspecified atom stereocenters. The zero-order chi connectivity index (χ0) is 15.5. The number of benzene rings is 1. The zero-order valence-electron chi connectivity index (χ0n) is 12.8. The van der Waals surface area contributed by atoms with Crippen molar-refractivity contribution in [3.8, 4) is 5.75 Å². The molecule has 0 radical (unpaired) electrons. The fourth-order valence-corrected chi connectivity index (χ4v) is 3.46. The second-order valence-corrected chi connectivity index (χ2v) is 6.54. The number of carbonyl (C=O) groups is 1. The molecule has 0 spiro atoms. The molecule has 0 aromatic heterocycles. The van der Waals surface area contributed by atoms with Crippen molar-refractivity contribution in [1.82, 2.24) is 4.90 Å². The molecule has 6 heteroatoms. The quantitative estimate of drug-likeness (QED) is 0.807. The molecule has 116 valence electrons. The number of quaternary nitrogens is 1. The van der Waals surface area contributed by atoms with Gasteiger partial charge in [0.05, 0.1) is 45.2 Å². The van der Waals surface area contributed by atoms with Gasteiger partial charge in [0.15, 0.2) is 5.17 Å². The first kappa shape index (κ1) is 15.1. The smallest absolute Gasteiger partial charge is 0.286 e. The van der Waals surface area contributed by atoms with E-state index in [0.717, 1.165) is 42.7 Å². The van der Waals surface area contributed by atoms with Crippen LogP contribution in [0.25, 0.3) is 6.08 Å². The van der Waals surface area contributed by atoms with Crippen LogP contribution in [-0.2, 0) is 4.79 Å². The molecule has 0 atom stereocenters. The van der Waals surface area contributed by atoms with Crippen molar-refractivity contribution < 1.29 is 14.4 Å². The number of aliphatic imine (C=N–C) groups is 1. The summed E-state index contributed by atoms with van der Waals surface area (Å²) >= 11 is 1.47. The zero-order valence-corrected chi connectivity index (χ0v) is 13.7. The van der Waals surface area contributed by atoms with Gasteiger partial charge in [0.2, 0.25) is 0 Å². The maximum atomic E-state index is 12.1. The van der Waals surface area contributed by atoms with Gasteiger partial charge in [0.25, 0.3) is 5.91 Å². The fraction of sp³-hybridized carbons (Fsp3) is 0.375. The molecule has 1 aromatic rings. The average Bonchev–Trinajstić information content (AvgIpc) is 2.89. The summed E-state index contributed by atoms with van der Waals surface area (Å²) in [5.41, 5.74) is 0.953. The van der Waals surface area contributed by atoms with Gasteiger partial charge >= 0.3 is 0 Å². The monoisotopic (exact) mass is 318 g/mol. The molecule has 2 aliphatic heterocycles. The molecular formula is C16H20N3O2S+. The largest absolute Gasteiger partial charge is 0.497 e. The van der Waals surface area contributed by atoms with Crippen molar-refractivity contribution in [2.45, 2.75) is 0 Å².